The van der Waals surface area contributed by atoms with Crippen molar-refractivity contribution in [1.82, 2.24) is 14.7 Å². The van der Waals surface area contributed by atoms with Crippen LogP contribution in [0.2, 0.25) is 0 Å². The zero-order valence-corrected chi connectivity index (χ0v) is 17.4. The third-order valence-corrected chi connectivity index (χ3v) is 5.49. The average molecular weight is 399 g/mol. The highest BCUT2D eigenvalue weighted by Gasteiger charge is 2.20. The van der Waals surface area contributed by atoms with E-state index in [-0.39, 0.29) is 18.4 Å². The highest BCUT2D eigenvalue weighted by molar-refractivity contribution is 5.94. The van der Waals surface area contributed by atoms with E-state index in [1.54, 1.807) is 9.58 Å². The largest absolute Gasteiger partial charge is 0.481 e. The van der Waals surface area contributed by atoms with E-state index in [9.17, 15) is 9.59 Å². The molecule has 0 radical (unpaired) electrons. The number of rotatable bonds is 7. The first-order chi connectivity index (χ1) is 13.9. The van der Waals surface area contributed by atoms with Crippen LogP contribution < -0.4 is 0 Å². The first kappa shape index (κ1) is 21.0. The van der Waals surface area contributed by atoms with Crippen molar-refractivity contribution in [2.75, 3.05) is 20.2 Å². The molecule has 29 heavy (non-hydrogen) atoms. The number of ether oxygens (including phenoxy) is 1. The number of aromatic nitrogens is 2. The van der Waals surface area contributed by atoms with Gasteiger partial charge < -0.3 is 14.7 Å². The zero-order chi connectivity index (χ0) is 21.0. The van der Waals surface area contributed by atoms with E-state index in [0.29, 0.717) is 18.5 Å². The quantitative estimate of drug-likeness (QED) is 0.773. The second-order valence-corrected chi connectivity index (χ2v) is 7.68. The molecule has 1 aliphatic heterocycles. The molecule has 2 aromatic rings. The molecule has 1 atom stereocenters. The Morgan fingerprint density at radius 1 is 1.24 bits per heavy atom. The molecule has 0 spiro atoms. The van der Waals surface area contributed by atoms with E-state index in [1.807, 2.05) is 45.2 Å². The number of carboxylic acids is 1. The molecule has 0 saturated carbocycles. The molecule has 1 aromatic carbocycles. The van der Waals surface area contributed by atoms with E-state index in [0.717, 1.165) is 48.5 Å². The maximum absolute atomic E-state index is 12.7. The Morgan fingerprint density at radius 3 is 2.59 bits per heavy atom. The summed E-state index contributed by atoms with van der Waals surface area (Å²) in [5.41, 5.74) is 4.19. The summed E-state index contributed by atoms with van der Waals surface area (Å²) in [6.45, 7) is 5.21. The predicted octanol–water partition coefficient (Wildman–Crippen LogP) is 3.15. The fraction of sp³-hybridized carbons (Fsp3) is 0.500. The van der Waals surface area contributed by atoms with Crippen LogP contribution >= 0.6 is 0 Å². The number of nitrogens with zero attached hydrogens (tertiary/aromatic N) is 3. The lowest BCUT2D eigenvalue weighted by atomic mass is 10.1. The van der Waals surface area contributed by atoms with Gasteiger partial charge in [0.05, 0.1) is 17.5 Å². The van der Waals surface area contributed by atoms with Gasteiger partial charge in [-0.25, -0.2) is 4.68 Å². The summed E-state index contributed by atoms with van der Waals surface area (Å²) >= 11 is 0. The number of carboxylic acid groups (broad SMARTS) is 1. The van der Waals surface area contributed by atoms with Crippen molar-refractivity contribution in [2.45, 2.75) is 52.1 Å². The molecule has 3 rings (SSSR count). The van der Waals surface area contributed by atoms with E-state index in [4.69, 9.17) is 9.84 Å². The lowest BCUT2D eigenvalue weighted by Crippen LogP contribution is -2.37. The molecule has 1 fully saturated rings. The summed E-state index contributed by atoms with van der Waals surface area (Å²) in [5.74, 6) is -0.844. The Kier molecular flexibility index (Phi) is 6.69. The predicted molar refractivity (Wildman–Crippen MR) is 110 cm³/mol. The van der Waals surface area contributed by atoms with Crippen LogP contribution in [0.15, 0.2) is 24.3 Å². The first-order valence-corrected chi connectivity index (χ1v) is 10.1. The third-order valence-electron chi connectivity index (χ3n) is 5.49. The van der Waals surface area contributed by atoms with Crippen LogP contribution in [-0.4, -0.2) is 58.0 Å². The number of aryl methyl sites for hydroxylation is 1. The molecule has 0 bridgehead atoms. The Morgan fingerprint density at radius 2 is 1.97 bits per heavy atom. The first-order valence-electron chi connectivity index (χ1n) is 10.1. The lowest BCUT2D eigenvalue weighted by Gasteiger charge is -2.27. The molecule has 1 amide bonds. The minimum absolute atomic E-state index is 0.0266. The maximum Gasteiger partial charge on any atom is 0.303 e. The second-order valence-electron chi connectivity index (χ2n) is 7.68. The Bertz CT molecular complexity index is 867. The lowest BCUT2D eigenvalue weighted by molar-refractivity contribution is -0.136. The van der Waals surface area contributed by atoms with Crippen LogP contribution in [0.4, 0.5) is 0 Å². The SMILES string of the molecule is Cc1nn(-c2ccc(C(=O)N(C)CC3CCCCO3)cc2)c(C)c1CCC(=O)O. The third kappa shape index (κ3) is 5.03. The summed E-state index contributed by atoms with van der Waals surface area (Å²) in [7, 11) is 1.81. The van der Waals surface area contributed by atoms with Crippen LogP contribution in [0.25, 0.3) is 5.69 Å². The standard InChI is InChI=1S/C22H29N3O4/c1-15-20(11-12-21(26)27)16(2)25(23-15)18-9-7-17(8-10-18)22(28)24(3)14-19-6-4-5-13-29-19/h7-10,19H,4-6,11-14H2,1-3H3,(H,26,27). The van der Waals surface area contributed by atoms with Crippen molar-refractivity contribution in [3.63, 3.8) is 0 Å². The number of carbonyl (C=O) groups is 2. The van der Waals surface area contributed by atoms with E-state index in [2.05, 4.69) is 5.10 Å². The van der Waals surface area contributed by atoms with Gasteiger partial charge in [0.1, 0.15) is 0 Å². The summed E-state index contributed by atoms with van der Waals surface area (Å²) in [6.07, 6.45) is 3.91. The molecular formula is C22H29N3O4. The Labute approximate surface area is 171 Å². The minimum Gasteiger partial charge on any atom is -0.481 e. The monoisotopic (exact) mass is 399 g/mol. The molecule has 1 unspecified atom stereocenters. The summed E-state index contributed by atoms with van der Waals surface area (Å²) in [6, 6.07) is 7.36. The van der Waals surface area contributed by atoms with Gasteiger partial charge in [0, 0.05) is 37.9 Å². The normalized spacial score (nSPS) is 16.6. The highest BCUT2D eigenvalue weighted by atomic mass is 16.5. The minimum atomic E-state index is -0.817. The van der Waals surface area contributed by atoms with Gasteiger partial charge in [-0.1, -0.05) is 0 Å². The van der Waals surface area contributed by atoms with Gasteiger partial charge in [0.25, 0.3) is 5.91 Å². The van der Waals surface area contributed by atoms with Crippen LogP contribution in [0.3, 0.4) is 0 Å². The Balaban J connectivity index is 1.70. The fourth-order valence-corrected chi connectivity index (χ4v) is 3.83. The molecule has 1 N–H and O–H groups in total. The molecule has 1 aromatic heterocycles. The summed E-state index contributed by atoms with van der Waals surface area (Å²) in [4.78, 5) is 25.3. The maximum atomic E-state index is 12.7. The van der Waals surface area contributed by atoms with Crippen molar-refractivity contribution in [3.8, 4) is 5.69 Å². The highest BCUT2D eigenvalue weighted by Crippen LogP contribution is 2.20. The van der Waals surface area contributed by atoms with Crippen molar-refractivity contribution in [1.29, 1.82) is 0 Å². The van der Waals surface area contributed by atoms with Crippen LogP contribution in [0, 0.1) is 13.8 Å². The molecule has 7 heteroatoms. The van der Waals surface area contributed by atoms with Crippen molar-refractivity contribution in [3.05, 3.63) is 46.8 Å². The summed E-state index contributed by atoms with van der Waals surface area (Å²) < 4.78 is 7.54. The van der Waals surface area contributed by atoms with Crippen LogP contribution in [-0.2, 0) is 16.0 Å². The van der Waals surface area contributed by atoms with Gasteiger partial charge in [-0.2, -0.15) is 5.10 Å². The number of amides is 1. The number of aliphatic carboxylic acids is 1. The van der Waals surface area contributed by atoms with Gasteiger partial charge in [0.15, 0.2) is 0 Å². The molecular weight excluding hydrogens is 370 g/mol. The van der Waals surface area contributed by atoms with Crippen molar-refractivity contribution < 1.29 is 19.4 Å². The topological polar surface area (TPSA) is 84.7 Å². The van der Waals surface area contributed by atoms with Gasteiger partial charge >= 0.3 is 5.97 Å². The smallest absolute Gasteiger partial charge is 0.303 e. The van der Waals surface area contributed by atoms with Crippen molar-refractivity contribution in [2.24, 2.45) is 0 Å². The van der Waals surface area contributed by atoms with Crippen molar-refractivity contribution >= 4 is 11.9 Å². The Hall–Kier alpha value is -2.67. The number of benzene rings is 1. The number of hydrogen-bond donors (Lipinski definition) is 1. The molecule has 2 heterocycles. The van der Waals surface area contributed by atoms with E-state index in [1.165, 1.54) is 0 Å². The molecule has 0 aliphatic carbocycles. The van der Waals surface area contributed by atoms with Crippen LogP contribution in [0.5, 0.6) is 0 Å². The van der Waals surface area contributed by atoms with E-state index >= 15 is 0 Å². The number of hydrogen-bond acceptors (Lipinski definition) is 4. The van der Waals surface area contributed by atoms with Gasteiger partial charge in [0.2, 0.25) is 0 Å². The van der Waals surface area contributed by atoms with Gasteiger partial charge in [-0.05, 0) is 69.4 Å². The zero-order valence-electron chi connectivity index (χ0n) is 17.4. The molecule has 7 nitrogen and oxygen atoms in total. The van der Waals surface area contributed by atoms with Crippen LogP contribution in [0.1, 0.15) is 53.0 Å². The molecule has 156 valence electrons. The fourth-order valence-electron chi connectivity index (χ4n) is 3.83. The van der Waals surface area contributed by atoms with Gasteiger partial charge in [-0.3, -0.25) is 9.59 Å². The molecule has 1 saturated heterocycles. The number of carbonyl (C=O) groups excluding carboxylic acids is 1. The summed E-state index contributed by atoms with van der Waals surface area (Å²) in [5, 5.41) is 13.5. The number of likely N-dealkylation sites (N-methyl/N-ethyl adjacent to an activating group) is 1. The second kappa shape index (κ2) is 9.22. The van der Waals surface area contributed by atoms with E-state index < -0.39 is 5.97 Å². The molecule has 1 aliphatic rings. The average Bonchev–Trinajstić information content (AvgIpc) is 3.00. The van der Waals surface area contributed by atoms with Gasteiger partial charge in [-0.15, -0.1) is 0 Å².